The molecule has 0 saturated carbocycles. The van der Waals surface area contributed by atoms with Crippen molar-refractivity contribution >= 4 is 16.1 Å². The average Bonchev–Trinajstić information content (AvgIpc) is 3.16. The monoisotopic (exact) mass is 377 g/mol. The maximum Gasteiger partial charge on any atom is 0.317 e. The first kappa shape index (κ1) is 18.4. The minimum Gasteiger partial charge on any atom is -0.335 e. The Labute approximate surface area is 153 Å². The zero-order chi connectivity index (χ0) is 18.6. The molecule has 1 aromatic heterocycles. The molecule has 8 nitrogen and oxygen atoms in total. The zero-order valence-electron chi connectivity index (χ0n) is 14.6. The smallest absolute Gasteiger partial charge is 0.317 e. The quantitative estimate of drug-likeness (QED) is 0.823. The first-order valence-corrected chi connectivity index (χ1v) is 9.96. The van der Waals surface area contributed by atoms with Crippen LogP contribution in [-0.4, -0.2) is 60.0 Å². The number of benzene rings is 1. The molecule has 3 rings (SSSR count). The molecule has 2 N–H and O–H groups in total. The first-order valence-electron chi connectivity index (χ1n) is 8.52. The molecule has 1 fully saturated rings. The minimum atomic E-state index is -3.47. The molecule has 1 saturated heterocycles. The molecule has 2 aromatic rings. The number of aromatic nitrogens is 2. The highest BCUT2D eigenvalue weighted by molar-refractivity contribution is 7.89. The van der Waals surface area contributed by atoms with E-state index >= 15 is 0 Å². The fraction of sp³-hybridized carbons (Fsp3) is 0.412. The molecular weight excluding hydrogens is 354 g/mol. The van der Waals surface area contributed by atoms with E-state index < -0.39 is 10.0 Å². The summed E-state index contributed by atoms with van der Waals surface area (Å²) in [6.45, 7) is 1.23. The molecule has 0 radical (unpaired) electrons. The van der Waals surface area contributed by atoms with E-state index in [-0.39, 0.29) is 12.1 Å². The van der Waals surface area contributed by atoms with Crippen LogP contribution in [0.1, 0.15) is 18.5 Å². The van der Waals surface area contributed by atoms with Gasteiger partial charge >= 0.3 is 6.03 Å². The van der Waals surface area contributed by atoms with Crippen LogP contribution >= 0.6 is 0 Å². The Bertz CT molecular complexity index is 815. The number of aromatic amines is 1. The highest BCUT2D eigenvalue weighted by atomic mass is 32.2. The molecule has 0 atom stereocenters. The fourth-order valence-electron chi connectivity index (χ4n) is 2.97. The number of rotatable bonds is 5. The van der Waals surface area contributed by atoms with Crippen LogP contribution < -0.4 is 5.32 Å². The topological polar surface area (TPSA) is 98.4 Å². The van der Waals surface area contributed by atoms with Crippen molar-refractivity contribution in [1.29, 1.82) is 0 Å². The van der Waals surface area contributed by atoms with Crippen molar-refractivity contribution in [3.05, 3.63) is 48.3 Å². The maximum atomic E-state index is 12.6. The van der Waals surface area contributed by atoms with Gasteiger partial charge in [0.15, 0.2) is 0 Å². The Hall–Kier alpha value is -2.39. The normalized spacial score (nSPS) is 16.3. The van der Waals surface area contributed by atoms with Crippen LogP contribution in [0.4, 0.5) is 4.79 Å². The van der Waals surface area contributed by atoms with E-state index in [0.717, 1.165) is 5.69 Å². The predicted octanol–water partition coefficient (Wildman–Crippen LogP) is 1.40. The number of piperidine rings is 1. The standard InChI is InChI=1S/C17H23N5O3S/c1-21(13-15-7-10-18-20-15)17(23)19-14-8-11-22(12-9-14)26(24,25)16-5-3-2-4-6-16/h2-7,10,14H,8-9,11-13H2,1H3,(H,18,20)(H,19,23). The molecule has 1 aromatic carbocycles. The van der Waals surface area contributed by atoms with Crippen molar-refractivity contribution in [3.8, 4) is 0 Å². The van der Waals surface area contributed by atoms with Gasteiger partial charge in [0.2, 0.25) is 10.0 Å². The lowest BCUT2D eigenvalue weighted by Crippen LogP contribution is -2.49. The number of carbonyl (C=O) groups is 1. The summed E-state index contributed by atoms with van der Waals surface area (Å²) in [5, 5.41) is 9.65. The van der Waals surface area contributed by atoms with Crippen LogP contribution in [-0.2, 0) is 16.6 Å². The van der Waals surface area contributed by atoms with Gasteiger partial charge in [0, 0.05) is 32.4 Å². The van der Waals surface area contributed by atoms with Crippen molar-refractivity contribution in [2.24, 2.45) is 0 Å². The van der Waals surface area contributed by atoms with Gasteiger partial charge < -0.3 is 10.2 Å². The van der Waals surface area contributed by atoms with Crippen LogP contribution in [0, 0.1) is 0 Å². The second-order valence-electron chi connectivity index (χ2n) is 6.38. The van der Waals surface area contributed by atoms with Crippen molar-refractivity contribution < 1.29 is 13.2 Å². The number of amides is 2. The van der Waals surface area contributed by atoms with Gasteiger partial charge in [0.05, 0.1) is 17.1 Å². The van der Waals surface area contributed by atoms with Crippen LogP contribution in [0.2, 0.25) is 0 Å². The molecule has 1 aliphatic rings. The third kappa shape index (κ3) is 4.23. The predicted molar refractivity (Wildman–Crippen MR) is 96.8 cm³/mol. The summed E-state index contributed by atoms with van der Waals surface area (Å²) in [4.78, 5) is 14.2. The van der Waals surface area contributed by atoms with Crippen molar-refractivity contribution in [2.75, 3.05) is 20.1 Å². The number of hydrogen-bond donors (Lipinski definition) is 2. The van der Waals surface area contributed by atoms with Crippen LogP contribution in [0.25, 0.3) is 0 Å². The molecule has 0 unspecified atom stereocenters. The van der Waals surface area contributed by atoms with E-state index in [1.807, 2.05) is 6.07 Å². The van der Waals surface area contributed by atoms with E-state index in [1.54, 1.807) is 48.5 Å². The highest BCUT2D eigenvalue weighted by Gasteiger charge is 2.30. The fourth-order valence-corrected chi connectivity index (χ4v) is 4.46. The lowest BCUT2D eigenvalue weighted by molar-refractivity contribution is 0.195. The van der Waals surface area contributed by atoms with E-state index in [2.05, 4.69) is 15.5 Å². The van der Waals surface area contributed by atoms with E-state index in [0.29, 0.717) is 37.4 Å². The molecule has 0 aliphatic carbocycles. The van der Waals surface area contributed by atoms with Crippen LogP contribution in [0.15, 0.2) is 47.5 Å². The Morgan fingerprint density at radius 3 is 2.58 bits per heavy atom. The van der Waals surface area contributed by atoms with Gasteiger partial charge in [0.25, 0.3) is 0 Å². The Morgan fingerprint density at radius 2 is 1.96 bits per heavy atom. The maximum absolute atomic E-state index is 12.6. The summed E-state index contributed by atoms with van der Waals surface area (Å²) in [6, 6.07) is 10.0. The lowest BCUT2D eigenvalue weighted by atomic mass is 10.1. The van der Waals surface area contributed by atoms with Crippen molar-refractivity contribution in [3.63, 3.8) is 0 Å². The molecule has 140 valence electrons. The van der Waals surface area contributed by atoms with Crippen LogP contribution in [0.5, 0.6) is 0 Å². The summed E-state index contributed by atoms with van der Waals surface area (Å²) in [5.74, 6) is 0. The average molecular weight is 377 g/mol. The number of nitrogens with zero attached hydrogens (tertiary/aromatic N) is 3. The van der Waals surface area contributed by atoms with Gasteiger partial charge in [-0.05, 0) is 31.0 Å². The number of H-pyrrole nitrogens is 1. The van der Waals surface area contributed by atoms with E-state index in [4.69, 9.17) is 0 Å². The molecular formula is C17H23N5O3S. The SMILES string of the molecule is CN(Cc1ccn[nH]1)C(=O)NC1CCN(S(=O)(=O)c2ccccc2)CC1. The van der Waals surface area contributed by atoms with Crippen molar-refractivity contribution in [1.82, 2.24) is 24.7 Å². The van der Waals surface area contributed by atoms with E-state index in [1.165, 1.54) is 4.31 Å². The highest BCUT2D eigenvalue weighted by Crippen LogP contribution is 2.20. The van der Waals surface area contributed by atoms with Gasteiger partial charge in [-0.25, -0.2) is 13.2 Å². The van der Waals surface area contributed by atoms with E-state index in [9.17, 15) is 13.2 Å². The van der Waals surface area contributed by atoms with Gasteiger partial charge in [-0.15, -0.1) is 0 Å². The minimum absolute atomic E-state index is 0.0334. The Balaban J connectivity index is 1.51. The molecule has 2 heterocycles. The van der Waals surface area contributed by atoms with Gasteiger partial charge in [-0.2, -0.15) is 9.40 Å². The summed E-state index contributed by atoms with van der Waals surface area (Å²) in [7, 11) is -1.75. The van der Waals surface area contributed by atoms with Gasteiger partial charge in [-0.1, -0.05) is 18.2 Å². The van der Waals surface area contributed by atoms with Crippen LogP contribution in [0.3, 0.4) is 0 Å². The number of urea groups is 1. The molecule has 0 spiro atoms. The molecule has 26 heavy (non-hydrogen) atoms. The summed E-state index contributed by atoms with van der Waals surface area (Å²) < 4.78 is 26.7. The first-order chi connectivity index (χ1) is 12.5. The van der Waals surface area contributed by atoms with Gasteiger partial charge in [-0.3, -0.25) is 5.10 Å². The second kappa shape index (κ2) is 7.88. The molecule has 0 bridgehead atoms. The zero-order valence-corrected chi connectivity index (χ0v) is 15.4. The largest absolute Gasteiger partial charge is 0.335 e. The summed E-state index contributed by atoms with van der Waals surface area (Å²) in [6.07, 6.45) is 2.83. The third-order valence-electron chi connectivity index (χ3n) is 4.48. The molecule has 1 aliphatic heterocycles. The summed E-state index contributed by atoms with van der Waals surface area (Å²) >= 11 is 0. The molecule has 9 heteroatoms. The number of sulfonamides is 1. The number of carbonyl (C=O) groups excluding carboxylic acids is 1. The lowest BCUT2D eigenvalue weighted by Gasteiger charge is -2.32. The Morgan fingerprint density at radius 1 is 1.27 bits per heavy atom. The number of hydrogen-bond acceptors (Lipinski definition) is 4. The van der Waals surface area contributed by atoms with Crippen molar-refractivity contribution in [2.45, 2.75) is 30.3 Å². The summed E-state index contributed by atoms with van der Waals surface area (Å²) in [5.41, 5.74) is 0.853. The second-order valence-corrected chi connectivity index (χ2v) is 8.32. The molecule has 2 amide bonds. The Kier molecular flexibility index (Phi) is 5.58. The third-order valence-corrected chi connectivity index (χ3v) is 6.39. The van der Waals surface area contributed by atoms with Gasteiger partial charge in [0.1, 0.15) is 0 Å². The number of nitrogens with one attached hydrogen (secondary N) is 2.